The number of aryl methyl sites for hydroxylation is 4. The minimum absolute atomic E-state index is 1.28. The Hall–Kier alpha value is -1.30. The van der Waals surface area contributed by atoms with Crippen LogP contribution in [0.4, 0.5) is 0 Å². The molecule has 0 aliphatic heterocycles. The van der Waals surface area contributed by atoms with Crippen LogP contribution in [0.3, 0.4) is 0 Å². The van der Waals surface area contributed by atoms with E-state index >= 15 is 0 Å². The highest BCUT2D eigenvalue weighted by Crippen LogP contribution is 2.40. The molecule has 0 heteroatoms. The van der Waals surface area contributed by atoms with Crippen LogP contribution in [0.25, 0.3) is 11.1 Å². The Kier molecular flexibility index (Phi) is 2.47. The van der Waals surface area contributed by atoms with Crippen molar-refractivity contribution in [2.75, 3.05) is 0 Å². The molecule has 0 aromatic rings. The van der Waals surface area contributed by atoms with Crippen LogP contribution < -0.4 is 0 Å². The van der Waals surface area contributed by atoms with Crippen LogP contribution in [0, 0.1) is 20.8 Å². The van der Waals surface area contributed by atoms with Crippen LogP contribution in [-0.4, -0.2) is 0 Å². The van der Waals surface area contributed by atoms with Gasteiger partial charge in [-0.25, -0.2) is 0 Å². The van der Waals surface area contributed by atoms with Crippen molar-refractivity contribution >= 4 is 0 Å². The zero-order valence-corrected chi connectivity index (χ0v) is 11.1. The summed E-state index contributed by atoms with van der Waals surface area (Å²) in [4.78, 5) is 0. The lowest BCUT2D eigenvalue weighted by molar-refractivity contribution is 0.691. The van der Waals surface area contributed by atoms with Crippen molar-refractivity contribution in [3.63, 3.8) is 0 Å². The number of rotatable bonds is 0. The summed E-state index contributed by atoms with van der Waals surface area (Å²) in [6.45, 7) is 6.72. The summed E-state index contributed by atoms with van der Waals surface area (Å²) < 4.78 is 0. The van der Waals surface area contributed by atoms with E-state index in [1.54, 1.807) is 16.7 Å². The van der Waals surface area contributed by atoms with Gasteiger partial charge in [0.05, 0.1) is 0 Å². The van der Waals surface area contributed by atoms with Crippen molar-refractivity contribution in [3.05, 3.63) is 46.0 Å². The molecule has 0 atom stereocenters. The van der Waals surface area contributed by atoms with E-state index in [-0.39, 0.29) is 0 Å². The average molecular weight is 224 g/mol. The molecule has 0 fully saturated rings. The van der Waals surface area contributed by atoms with E-state index in [2.05, 4.69) is 39.0 Å². The Labute approximate surface area is 104 Å². The minimum atomic E-state index is 1.28. The van der Waals surface area contributed by atoms with E-state index in [0.717, 1.165) is 0 Å². The Morgan fingerprint density at radius 3 is 2.35 bits per heavy atom. The quantitative estimate of drug-likeness (QED) is 0.613. The summed E-state index contributed by atoms with van der Waals surface area (Å²) in [5.74, 6) is 0. The summed E-state index contributed by atoms with van der Waals surface area (Å²) >= 11 is 0. The van der Waals surface area contributed by atoms with E-state index in [0.29, 0.717) is 0 Å². The van der Waals surface area contributed by atoms with Gasteiger partial charge in [0.1, 0.15) is 0 Å². The van der Waals surface area contributed by atoms with E-state index < -0.39 is 0 Å². The molecule has 0 nitrogen and oxygen atoms in total. The Morgan fingerprint density at radius 1 is 0.824 bits per heavy atom. The van der Waals surface area contributed by atoms with Gasteiger partial charge >= 0.3 is 0 Å². The van der Waals surface area contributed by atoms with Crippen molar-refractivity contribution in [3.8, 4) is 11.1 Å². The summed E-state index contributed by atoms with van der Waals surface area (Å²) in [5, 5.41) is 0. The molecule has 0 spiro atoms. The normalized spacial score (nSPS) is 15.0. The van der Waals surface area contributed by atoms with Crippen molar-refractivity contribution in [1.82, 2.24) is 0 Å². The summed E-state index contributed by atoms with van der Waals surface area (Å²) in [6, 6.07) is 7.11. The molecular weight excluding hydrogens is 204 g/mol. The first-order valence-corrected chi connectivity index (χ1v) is 6.69. The molecule has 0 saturated carbocycles. The first kappa shape index (κ1) is 10.8. The molecule has 0 aromatic heterocycles. The van der Waals surface area contributed by atoms with Gasteiger partial charge in [0.15, 0.2) is 0 Å². The molecule has 0 aromatic carbocycles. The molecular formula is C17H20. The summed E-state index contributed by atoms with van der Waals surface area (Å²) in [7, 11) is 0. The third-order valence-electron chi connectivity index (χ3n) is 4.11. The highest BCUT2D eigenvalue weighted by atomic mass is 14.2. The van der Waals surface area contributed by atoms with Crippen LogP contribution in [0.2, 0.25) is 0 Å². The molecule has 3 aliphatic rings. The van der Waals surface area contributed by atoms with Gasteiger partial charge in [-0.15, -0.1) is 0 Å². The largest absolute Gasteiger partial charge is 0.0558 e. The van der Waals surface area contributed by atoms with E-state index in [9.17, 15) is 0 Å². The van der Waals surface area contributed by atoms with Gasteiger partial charge in [0.25, 0.3) is 0 Å². The van der Waals surface area contributed by atoms with Crippen molar-refractivity contribution in [2.45, 2.75) is 46.5 Å². The fraction of sp³-hybridized carbons (Fsp3) is 0.412. The molecule has 0 saturated heterocycles. The molecule has 88 valence electrons. The van der Waals surface area contributed by atoms with Gasteiger partial charge in [-0.3, -0.25) is 0 Å². The number of hydrogen-bond donors (Lipinski definition) is 0. The summed E-state index contributed by atoms with van der Waals surface area (Å²) in [5.41, 5.74) is 10.5. The van der Waals surface area contributed by atoms with Gasteiger partial charge in [-0.2, -0.15) is 0 Å². The molecule has 17 heavy (non-hydrogen) atoms. The second-order valence-corrected chi connectivity index (χ2v) is 5.54. The molecule has 0 unspecified atom stereocenters. The zero-order valence-electron chi connectivity index (χ0n) is 11.1. The highest BCUT2D eigenvalue weighted by Gasteiger charge is 2.20. The van der Waals surface area contributed by atoms with Crippen LogP contribution in [0.1, 0.15) is 40.7 Å². The zero-order chi connectivity index (χ0) is 12.0. The van der Waals surface area contributed by atoms with Gasteiger partial charge in [-0.05, 0) is 79.8 Å². The Bertz CT molecular complexity index is 549. The standard InChI is InChI=1S/C17H20/c1-11-8-12(2)16-10-14-6-4-5-7-15(14)17(16)13(3)9-11/h8-10H,4-7H2,1-3H3. The predicted molar refractivity (Wildman–Crippen MR) is 73.9 cm³/mol. The molecule has 0 radical (unpaired) electrons. The van der Waals surface area contributed by atoms with Crippen molar-refractivity contribution in [1.29, 1.82) is 0 Å². The van der Waals surface area contributed by atoms with Crippen LogP contribution in [-0.2, 0) is 12.8 Å². The van der Waals surface area contributed by atoms with Gasteiger partial charge in [0, 0.05) is 0 Å². The lowest BCUT2D eigenvalue weighted by Gasteiger charge is -2.13. The maximum atomic E-state index is 2.45. The first-order valence-electron chi connectivity index (χ1n) is 6.69. The molecule has 0 amide bonds. The van der Waals surface area contributed by atoms with Crippen molar-refractivity contribution < 1.29 is 0 Å². The van der Waals surface area contributed by atoms with Gasteiger partial charge in [-0.1, -0.05) is 23.8 Å². The molecule has 3 aliphatic carbocycles. The predicted octanol–water partition coefficient (Wildman–Crippen LogP) is 4.60. The third kappa shape index (κ3) is 1.67. The lowest BCUT2D eigenvalue weighted by Crippen LogP contribution is -1.99. The van der Waals surface area contributed by atoms with Crippen LogP contribution in [0.5, 0.6) is 0 Å². The topological polar surface area (TPSA) is 0 Å². The molecule has 0 heterocycles. The SMILES string of the molecule is Cc1cc(C)c2cc3c(c-2c(C)c1)CCCC3. The maximum absolute atomic E-state index is 2.45. The fourth-order valence-corrected chi connectivity index (χ4v) is 3.42. The molecule has 3 rings (SSSR count). The molecule has 0 bridgehead atoms. The molecule has 0 N–H and O–H groups in total. The van der Waals surface area contributed by atoms with Crippen molar-refractivity contribution in [2.24, 2.45) is 0 Å². The number of fused-ring (bicyclic) bond motifs is 3. The van der Waals surface area contributed by atoms with Gasteiger partial charge in [0.2, 0.25) is 0 Å². The maximum Gasteiger partial charge on any atom is -0.0117 e. The first-order chi connectivity index (χ1) is 8.16. The van der Waals surface area contributed by atoms with Gasteiger partial charge < -0.3 is 0 Å². The van der Waals surface area contributed by atoms with E-state index in [1.165, 1.54) is 47.9 Å². The Morgan fingerprint density at radius 2 is 1.53 bits per heavy atom. The smallest absolute Gasteiger partial charge is 0.0117 e. The fourth-order valence-electron chi connectivity index (χ4n) is 3.42. The van der Waals surface area contributed by atoms with E-state index in [4.69, 9.17) is 0 Å². The second kappa shape index (κ2) is 3.87. The van der Waals surface area contributed by atoms with E-state index in [1.807, 2.05) is 0 Å². The minimum Gasteiger partial charge on any atom is -0.0558 e. The lowest BCUT2D eigenvalue weighted by atomic mass is 9.92. The average Bonchev–Trinajstić information content (AvgIpc) is 2.63. The van der Waals surface area contributed by atoms with Crippen LogP contribution >= 0.6 is 0 Å². The third-order valence-corrected chi connectivity index (χ3v) is 4.11. The highest BCUT2D eigenvalue weighted by molar-refractivity contribution is 5.79. The number of hydrogen-bond acceptors (Lipinski definition) is 0. The Balaban J connectivity index is 2.37. The monoisotopic (exact) mass is 224 g/mol. The summed E-state index contributed by atoms with van der Waals surface area (Å²) in [6.07, 6.45) is 5.29. The second-order valence-electron chi connectivity index (χ2n) is 5.54. The van der Waals surface area contributed by atoms with Crippen LogP contribution in [0.15, 0.2) is 18.2 Å².